The number of ketones is 1. The number of allylic oxidation sites excluding steroid dienone is 2. The van der Waals surface area contributed by atoms with Crippen LogP contribution in [0.5, 0.6) is 0 Å². The topological polar surface area (TPSA) is 17.1 Å². The third-order valence-electron chi connectivity index (χ3n) is 2.27. The van der Waals surface area contributed by atoms with Gasteiger partial charge in [-0.05, 0) is 30.8 Å². The van der Waals surface area contributed by atoms with Crippen LogP contribution in [0.2, 0.25) is 0 Å². The lowest BCUT2D eigenvalue weighted by atomic mass is 10.2. The lowest BCUT2D eigenvalue weighted by Gasteiger charge is -1.88. The highest BCUT2D eigenvalue weighted by molar-refractivity contribution is 5.90. The summed E-state index contributed by atoms with van der Waals surface area (Å²) >= 11 is 0. The zero-order valence-corrected chi connectivity index (χ0v) is 5.34. The Kier molecular flexibility index (Phi) is 0.981. The maximum Gasteiger partial charge on any atom is 0.155 e. The second kappa shape index (κ2) is 1.69. The fraction of sp³-hybridized carbons (Fsp3) is 0.625. The lowest BCUT2D eigenvalue weighted by Crippen LogP contribution is -1.90. The van der Waals surface area contributed by atoms with Crippen LogP contribution in [0.3, 0.4) is 0 Å². The zero-order chi connectivity index (χ0) is 6.27. The normalized spacial score (nSPS) is 39.8. The van der Waals surface area contributed by atoms with E-state index < -0.39 is 0 Å². The third kappa shape index (κ3) is 0.913. The SMILES string of the molecule is O=C1C=C[C@H]2C[C@H]2CC1. The summed E-state index contributed by atoms with van der Waals surface area (Å²) < 4.78 is 0. The minimum absolute atomic E-state index is 0.321. The molecule has 0 N–H and O–H groups in total. The number of carbonyl (C=O) groups excluding carboxylic acids is 1. The first kappa shape index (κ1) is 5.21. The number of rotatable bonds is 0. The van der Waals surface area contributed by atoms with Gasteiger partial charge in [0.05, 0.1) is 0 Å². The molecule has 2 atom stereocenters. The van der Waals surface area contributed by atoms with Gasteiger partial charge in [0.2, 0.25) is 0 Å². The van der Waals surface area contributed by atoms with Crippen LogP contribution in [0.4, 0.5) is 0 Å². The summed E-state index contributed by atoms with van der Waals surface area (Å²) in [5, 5.41) is 0. The van der Waals surface area contributed by atoms with Crippen molar-refractivity contribution in [3.05, 3.63) is 12.2 Å². The van der Waals surface area contributed by atoms with E-state index in [0.717, 1.165) is 24.7 Å². The van der Waals surface area contributed by atoms with E-state index in [2.05, 4.69) is 6.08 Å². The second-order valence-electron chi connectivity index (χ2n) is 3.02. The van der Waals surface area contributed by atoms with Crippen LogP contribution >= 0.6 is 0 Å². The molecule has 0 aromatic rings. The van der Waals surface area contributed by atoms with E-state index in [4.69, 9.17) is 0 Å². The summed E-state index contributed by atoms with van der Waals surface area (Å²) in [6, 6.07) is 0. The van der Waals surface area contributed by atoms with Crippen molar-refractivity contribution in [1.29, 1.82) is 0 Å². The summed E-state index contributed by atoms with van der Waals surface area (Å²) in [6.07, 6.45) is 7.11. The van der Waals surface area contributed by atoms with Crippen molar-refractivity contribution < 1.29 is 4.79 Å². The van der Waals surface area contributed by atoms with E-state index in [-0.39, 0.29) is 0 Å². The van der Waals surface area contributed by atoms with Crippen LogP contribution in [0.1, 0.15) is 19.3 Å². The van der Waals surface area contributed by atoms with Crippen molar-refractivity contribution in [1.82, 2.24) is 0 Å². The highest BCUT2D eigenvalue weighted by Crippen LogP contribution is 2.44. The highest BCUT2D eigenvalue weighted by atomic mass is 16.1. The molecule has 2 aliphatic rings. The van der Waals surface area contributed by atoms with Crippen molar-refractivity contribution in [2.75, 3.05) is 0 Å². The van der Waals surface area contributed by atoms with Crippen molar-refractivity contribution in [3.8, 4) is 0 Å². The van der Waals surface area contributed by atoms with E-state index in [1.165, 1.54) is 6.42 Å². The van der Waals surface area contributed by atoms with Gasteiger partial charge in [-0.2, -0.15) is 0 Å². The van der Waals surface area contributed by atoms with E-state index in [9.17, 15) is 4.79 Å². The van der Waals surface area contributed by atoms with E-state index >= 15 is 0 Å². The van der Waals surface area contributed by atoms with Crippen LogP contribution in [-0.4, -0.2) is 5.78 Å². The van der Waals surface area contributed by atoms with Crippen LogP contribution in [0, 0.1) is 11.8 Å². The molecule has 9 heavy (non-hydrogen) atoms. The molecular formula is C8H10O. The largest absolute Gasteiger partial charge is 0.295 e. The van der Waals surface area contributed by atoms with Gasteiger partial charge in [0, 0.05) is 6.42 Å². The Morgan fingerprint density at radius 2 is 2.44 bits per heavy atom. The predicted octanol–water partition coefficient (Wildman–Crippen LogP) is 1.54. The summed E-state index contributed by atoms with van der Waals surface area (Å²) in [7, 11) is 0. The third-order valence-corrected chi connectivity index (χ3v) is 2.27. The number of fused-ring (bicyclic) bond motifs is 1. The van der Waals surface area contributed by atoms with E-state index in [0.29, 0.717) is 5.78 Å². The maximum atomic E-state index is 10.8. The Balaban J connectivity index is 2.11. The first-order valence-corrected chi connectivity index (χ1v) is 3.57. The van der Waals surface area contributed by atoms with Gasteiger partial charge in [-0.3, -0.25) is 4.79 Å². The number of carbonyl (C=O) groups is 1. The molecule has 1 saturated carbocycles. The van der Waals surface area contributed by atoms with Crippen molar-refractivity contribution in [2.24, 2.45) is 11.8 Å². The summed E-state index contributed by atoms with van der Waals surface area (Å²) in [5.41, 5.74) is 0. The minimum Gasteiger partial charge on any atom is -0.295 e. The molecule has 0 amide bonds. The summed E-state index contributed by atoms with van der Waals surface area (Å²) in [5.74, 6) is 1.96. The molecule has 0 radical (unpaired) electrons. The Morgan fingerprint density at radius 3 is 3.33 bits per heavy atom. The van der Waals surface area contributed by atoms with Crippen LogP contribution in [0.15, 0.2) is 12.2 Å². The smallest absolute Gasteiger partial charge is 0.155 e. The fourth-order valence-electron chi connectivity index (χ4n) is 1.48. The van der Waals surface area contributed by atoms with E-state index in [1.807, 2.05) is 0 Å². The first-order chi connectivity index (χ1) is 4.36. The van der Waals surface area contributed by atoms with Gasteiger partial charge in [0.15, 0.2) is 5.78 Å². The molecular weight excluding hydrogens is 112 g/mol. The van der Waals surface area contributed by atoms with Gasteiger partial charge in [0.1, 0.15) is 0 Å². The first-order valence-electron chi connectivity index (χ1n) is 3.57. The average Bonchev–Trinajstić information content (AvgIpc) is 2.54. The Labute approximate surface area is 54.8 Å². The number of hydrogen-bond acceptors (Lipinski definition) is 1. The molecule has 1 nitrogen and oxygen atoms in total. The minimum atomic E-state index is 0.321. The molecule has 0 aromatic carbocycles. The number of hydrogen-bond donors (Lipinski definition) is 0. The molecule has 0 saturated heterocycles. The lowest BCUT2D eigenvalue weighted by molar-refractivity contribution is -0.114. The fourth-order valence-corrected chi connectivity index (χ4v) is 1.48. The molecule has 0 aliphatic heterocycles. The molecule has 0 aromatic heterocycles. The van der Waals surface area contributed by atoms with Crippen LogP contribution < -0.4 is 0 Å². The Morgan fingerprint density at radius 1 is 1.56 bits per heavy atom. The highest BCUT2D eigenvalue weighted by Gasteiger charge is 2.35. The predicted molar refractivity (Wildman–Crippen MR) is 35.0 cm³/mol. The molecule has 0 unspecified atom stereocenters. The molecule has 1 fully saturated rings. The molecule has 48 valence electrons. The van der Waals surface area contributed by atoms with Gasteiger partial charge in [-0.25, -0.2) is 0 Å². The Hall–Kier alpha value is -0.590. The van der Waals surface area contributed by atoms with Crippen molar-refractivity contribution in [3.63, 3.8) is 0 Å². The van der Waals surface area contributed by atoms with Gasteiger partial charge in [-0.15, -0.1) is 0 Å². The molecule has 2 rings (SSSR count). The zero-order valence-electron chi connectivity index (χ0n) is 5.34. The summed E-state index contributed by atoms with van der Waals surface area (Å²) in [6.45, 7) is 0. The van der Waals surface area contributed by atoms with Crippen LogP contribution in [0.25, 0.3) is 0 Å². The quantitative estimate of drug-likeness (QED) is 0.476. The van der Waals surface area contributed by atoms with Crippen molar-refractivity contribution in [2.45, 2.75) is 19.3 Å². The molecule has 0 bridgehead atoms. The van der Waals surface area contributed by atoms with E-state index in [1.54, 1.807) is 6.08 Å². The van der Waals surface area contributed by atoms with Crippen molar-refractivity contribution >= 4 is 5.78 Å². The summed E-state index contributed by atoms with van der Waals surface area (Å²) in [4.78, 5) is 10.8. The Bertz CT molecular complexity index is 169. The standard InChI is InChI=1S/C8H10O/c9-8-3-1-6-5-7(6)2-4-8/h1,3,6-7H,2,4-5H2/t6-,7+/m0/s1. The van der Waals surface area contributed by atoms with Gasteiger partial charge in [0.25, 0.3) is 0 Å². The average molecular weight is 122 g/mol. The van der Waals surface area contributed by atoms with Gasteiger partial charge < -0.3 is 0 Å². The molecule has 1 heteroatoms. The monoisotopic (exact) mass is 122 g/mol. The molecule has 0 spiro atoms. The maximum absolute atomic E-state index is 10.8. The van der Waals surface area contributed by atoms with Gasteiger partial charge >= 0.3 is 0 Å². The van der Waals surface area contributed by atoms with Crippen LogP contribution in [-0.2, 0) is 4.79 Å². The second-order valence-corrected chi connectivity index (χ2v) is 3.02. The van der Waals surface area contributed by atoms with Gasteiger partial charge in [-0.1, -0.05) is 6.08 Å². The molecule has 2 aliphatic carbocycles. The molecule has 0 heterocycles.